The van der Waals surface area contributed by atoms with Crippen molar-refractivity contribution in [2.75, 3.05) is 0 Å². The third-order valence-corrected chi connectivity index (χ3v) is 1.10. The summed E-state index contributed by atoms with van der Waals surface area (Å²) in [4.78, 5) is 0. The van der Waals surface area contributed by atoms with Crippen LogP contribution in [0.5, 0.6) is 0 Å². The van der Waals surface area contributed by atoms with Gasteiger partial charge in [-0.05, 0) is 19.9 Å². The maximum atomic E-state index is 5.29. The van der Waals surface area contributed by atoms with Gasteiger partial charge in [-0.25, -0.2) is 4.68 Å². The van der Waals surface area contributed by atoms with Crippen LogP contribution in [0.3, 0.4) is 0 Å². The molecular formula is C7H12N2O. The maximum Gasteiger partial charge on any atom is 0.139 e. The Hall–Kier alpha value is -0.830. The van der Waals surface area contributed by atoms with Crippen LogP contribution in [-0.4, -0.2) is 15.9 Å². The molecule has 0 N–H and O–H groups in total. The third kappa shape index (κ3) is 2.19. The molecule has 0 aliphatic carbocycles. The summed E-state index contributed by atoms with van der Waals surface area (Å²) in [5, 5.41) is 3.98. The summed E-state index contributed by atoms with van der Waals surface area (Å²) in [6.45, 7) is 4.55. The van der Waals surface area contributed by atoms with Crippen LogP contribution < -0.4 is 0 Å². The highest BCUT2D eigenvalue weighted by atomic mass is 16.5. The fourth-order valence-corrected chi connectivity index (χ4v) is 0.602. The Bertz CT molecular complexity index is 170. The molecule has 3 heteroatoms. The third-order valence-electron chi connectivity index (χ3n) is 1.10. The van der Waals surface area contributed by atoms with E-state index < -0.39 is 0 Å². The molecule has 0 aliphatic heterocycles. The highest BCUT2D eigenvalue weighted by molar-refractivity contribution is 4.76. The molecule has 10 heavy (non-hydrogen) atoms. The summed E-state index contributed by atoms with van der Waals surface area (Å²) in [5.41, 5.74) is 0. The van der Waals surface area contributed by atoms with E-state index in [9.17, 15) is 0 Å². The van der Waals surface area contributed by atoms with Crippen molar-refractivity contribution in [1.82, 2.24) is 9.78 Å². The predicted molar refractivity (Wildman–Crippen MR) is 38.4 cm³/mol. The van der Waals surface area contributed by atoms with Crippen molar-refractivity contribution >= 4 is 0 Å². The number of hydrogen-bond acceptors (Lipinski definition) is 2. The normalized spacial score (nSPS) is 10.7. The minimum Gasteiger partial charge on any atom is -0.357 e. The number of ether oxygens (including phenoxy) is 1. The van der Waals surface area contributed by atoms with E-state index in [4.69, 9.17) is 4.74 Å². The second-order valence-electron chi connectivity index (χ2n) is 2.39. The minimum atomic E-state index is 0.268. The van der Waals surface area contributed by atoms with Crippen LogP contribution in [0.1, 0.15) is 13.8 Å². The summed E-state index contributed by atoms with van der Waals surface area (Å²) < 4.78 is 7.04. The number of nitrogens with zero attached hydrogens (tertiary/aromatic N) is 2. The second kappa shape index (κ2) is 3.37. The van der Waals surface area contributed by atoms with E-state index >= 15 is 0 Å². The van der Waals surface area contributed by atoms with E-state index in [0.717, 1.165) is 0 Å². The van der Waals surface area contributed by atoms with Gasteiger partial charge >= 0.3 is 0 Å². The minimum absolute atomic E-state index is 0.268. The molecule has 1 heterocycles. The number of hydrogen-bond donors (Lipinski definition) is 0. The molecule has 0 spiro atoms. The van der Waals surface area contributed by atoms with Crippen LogP contribution in [0.2, 0.25) is 0 Å². The van der Waals surface area contributed by atoms with Gasteiger partial charge in [-0.3, -0.25) is 0 Å². The van der Waals surface area contributed by atoms with Crippen LogP contribution in [-0.2, 0) is 11.5 Å². The van der Waals surface area contributed by atoms with Crippen LogP contribution in [0.4, 0.5) is 0 Å². The quantitative estimate of drug-likeness (QED) is 0.632. The fraction of sp³-hybridized carbons (Fsp3) is 0.571. The highest BCUT2D eigenvalue weighted by Gasteiger charge is 1.92. The Balaban J connectivity index is 2.28. The first-order valence-electron chi connectivity index (χ1n) is 3.38. The highest BCUT2D eigenvalue weighted by Crippen LogP contribution is 1.91. The van der Waals surface area contributed by atoms with Crippen molar-refractivity contribution in [2.24, 2.45) is 0 Å². The number of aromatic nitrogens is 2. The zero-order valence-corrected chi connectivity index (χ0v) is 6.32. The Labute approximate surface area is 60.6 Å². The van der Waals surface area contributed by atoms with Crippen LogP contribution in [0.15, 0.2) is 18.5 Å². The summed E-state index contributed by atoms with van der Waals surface area (Å²) >= 11 is 0. The number of rotatable bonds is 3. The van der Waals surface area contributed by atoms with Crippen LogP contribution >= 0.6 is 0 Å². The first-order chi connectivity index (χ1) is 4.79. The predicted octanol–water partition coefficient (Wildman–Crippen LogP) is 1.27. The smallest absolute Gasteiger partial charge is 0.139 e. The van der Waals surface area contributed by atoms with Crippen molar-refractivity contribution in [2.45, 2.75) is 26.7 Å². The molecule has 0 saturated carbocycles. The Morgan fingerprint density at radius 3 is 2.90 bits per heavy atom. The van der Waals surface area contributed by atoms with E-state index in [0.29, 0.717) is 6.73 Å². The van der Waals surface area contributed by atoms with Crippen LogP contribution in [0.25, 0.3) is 0 Å². The van der Waals surface area contributed by atoms with Gasteiger partial charge in [0.15, 0.2) is 0 Å². The fourth-order valence-electron chi connectivity index (χ4n) is 0.602. The molecule has 0 atom stereocenters. The van der Waals surface area contributed by atoms with E-state index in [2.05, 4.69) is 5.10 Å². The van der Waals surface area contributed by atoms with Gasteiger partial charge < -0.3 is 4.74 Å². The molecule has 1 aromatic heterocycles. The van der Waals surface area contributed by atoms with E-state index in [1.165, 1.54) is 0 Å². The summed E-state index contributed by atoms with van der Waals surface area (Å²) in [7, 11) is 0. The zero-order chi connectivity index (χ0) is 7.40. The van der Waals surface area contributed by atoms with Gasteiger partial charge in [-0.15, -0.1) is 0 Å². The molecule has 1 rings (SSSR count). The molecule has 0 amide bonds. The Morgan fingerprint density at radius 1 is 1.60 bits per heavy atom. The molecule has 0 bridgehead atoms. The van der Waals surface area contributed by atoms with Crippen molar-refractivity contribution < 1.29 is 4.74 Å². The van der Waals surface area contributed by atoms with Crippen molar-refractivity contribution in [3.63, 3.8) is 0 Å². The SMILES string of the molecule is CC(C)OCn1cccn1. The molecule has 0 aliphatic rings. The van der Waals surface area contributed by atoms with Gasteiger partial charge in [0.2, 0.25) is 0 Å². The molecule has 1 aromatic rings. The van der Waals surface area contributed by atoms with Crippen molar-refractivity contribution in [3.8, 4) is 0 Å². The summed E-state index contributed by atoms with van der Waals surface area (Å²) in [5.74, 6) is 0. The standard InChI is InChI=1S/C7H12N2O/c1-7(2)10-6-9-5-3-4-8-9/h3-5,7H,6H2,1-2H3. The van der Waals surface area contributed by atoms with Gasteiger partial charge in [0.1, 0.15) is 6.73 Å². The summed E-state index contributed by atoms with van der Waals surface area (Å²) in [6.07, 6.45) is 3.88. The molecule has 0 unspecified atom stereocenters. The lowest BCUT2D eigenvalue weighted by atomic mass is 10.5. The van der Waals surface area contributed by atoms with Gasteiger partial charge in [0.05, 0.1) is 6.10 Å². The van der Waals surface area contributed by atoms with Gasteiger partial charge in [-0.1, -0.05) is 0 Å². The first-order valence-corrected chi connectivity index (χ1v) is 3.38. The van der Waals surface area contributed by atoms with Crippen molar-refractivity contribution in [1.29, 1.82) is 0 Å². The molecule has 0 aromatic carbocycles. The van der Waals surface area contributed by atoms with Crippen molar-refractivity contribution in [3.05, 3.63) is 18.5 Å². The Morgan fingerprint density at radius 2 is 2.40 bits per heavy atom. The van der Waals surface area contributed by atoms with E-state index in [-0.39, 0.29) is 6.10 Å². The Kier molecular flexibility index (Phi) is 2.45. The lowest BCUT2D eigenvalue weighted by Gasteiger charge is -2.06. The van der Waals surface area contributed by atoms with E-state index in [1.807, 2.05) is 26.1 Å². The second-order valence-corrected chi connectivity index (χ2v) is 2.39. The summed E-state index contributed by atoms with van der Waals surface area (Å²) in [6, 6.07) is 1.88. The van der Waals surface area contributed by atoms with Gasteiger partial charge in [0.25, 0.3) is 0 Å². The van der Waals surface area contributed by atoms with Crippen LogP contribution in [0, 0.1) is 0 Å². The van der Waals surface area contributed by atoms with E-state index in [1.54, 1.807) is 10.9 Å². The molecular weight excluding hydrogens is 128 g/mol. The monoisotopic (exact) mass is 140 g/mol. The van der Waals surface area contributed by atoms with Gasteiger partial charge in [0, 0.05) is 12.4 Å². The molecule has 56 valence electrons. The molecule has 0 saturated heterocycles. The zero-order valence-electron chi connectivity index (χ0n) is 6.32. The average Bonchev–Trinajstić information content (AvgIpc) is 2.34. The lowest BCUT2D eigenvalue weighted by molar-refractivity contribution is 0.0221. The first kappa shape index (κ1) is 7.28. The maximum absolute atomic E-state index is 5.29. The molecule has 3 nitrogen and oxygen atoms in total. The average molecular weight is 140 g/mol. The topological polar surface area (TPSA) is 27.1 Å². The molecule has 0 fully saturated rings. The molecule has 0 radical (unpaired) electrons. The van der Waals surface area contributed by atoms with Gasteiger partial charge in [-0.2, -0.15) is 5.10 Å². The lowest BCUT2D eigenvalue weighted by Crippen LogP contribution is -2.08. The largest absolute Gasteiger partial charge is 0.357 e.